The molecular weight excluding hydrogens is 332 g/mol. The van der Waals surface area contributed by atoms with Crippen molar-refractivity contribution in [3.63, 3.8) is 0 Å². The van der Waals surface area contributed by atoms with Crippen LogP contribution in [0.5, 0.6) is 0 Å². The minimum atomic E-state index is -0.521. The van der Waals surface area contributed by atoms with Crippen molar-refractivity contribution in [3.05, 3.63) is 48.5 Å². The Morgan fingerprint density at radius 2 is 2.04 bits per heavy atom. The van der Waals surface area contributed by atoms with Gasteiger partial charge in [-0.3, -0.25) is 9.59 Å². The second kappa shape index (κ2) is 6.57. The lowest BCUT2D eigenvalue weighted by Crippen LogP contribution is -2.62. The molecule has 4 rings (SSSR count). The first kappa shape index (κ1) is 16.8. The van der Waals surface area contributed by atoms with E-state index in [1.807, 2.05) is 37.4 Å². The fraction of sp³-hybridized carbons (Fsp3) is 0.421. The molecule has 1 aromatic heterocycles. The topological polar surface area (TPSA) is 67.7 Å². The molecule has 3 heterocycles. The van der Waals surface area contributed by atoms with Crippen LogP contribution in [0.25, 0.3) is 0 Å². The lowest BCUT2D eigenvalue weighted by atomic mass is 9.90. The molecular formula is C19H22N4O3. The molecule has 7 nitrogen and oxygen atoms in total. The summed E-state index contributed by atoms with van der Waals surface area (Å²) in [6.07, 6.45) is 5.02. The van der Waals surface area contributed by atoms with Crippen molar-refractivity contribution in [1.82, 2.24) is 14.5 Å². The highest BCUT2D eigenvalue weighted by Crippen LogP contribution is 2.32. The van der Waals surface area contributed by atoms with E-state index in [1.54, 1.807) is 26.9 Å². The number of rotatable bonds is 2. The summed E-state index contributed by atoms with van der Waals surface area (Å²) in [5, 5.41) is 0. The van der Waals surface area contributed by atoms with Crippen LogP contribution < -0.4 is 4.90 Å². The van der Waals surface area contributed by atoms with Crippen molar-refractivity contribution in [2.75, 3.05) is 31.1 Å². The predicted octanol–water partition coefficient (Wildman–Crippen LogP) is 1.46. The van der Waals surface area contributed by atoms with Crippen LogP contribution in [0.4, 0.5) is 5.69 Å². The number of hydrogen-bond donors (Lipinski definition) is 0. The van der Waals surface area contributed by atoms with Gasteiger partial charge in [-0.15, -0.1) is 0 Å². The molecule has 1 aromatic carbocycles. The maximum Gasteiger partial charge on any atom is 0.274 e. The minimum Gasteiger partial charge on any atom is -0.361 e. The molecule has 0 bridgehead atoms. The number of carbonyl (C=O) groups is 2. The van der Waals surface area contributed by atoms with Crippen molar-refractivity contribution < 1.29 is 14.3 Å². The summed E-state index contributed by atoms with van der Waals surface area (Å²) in [7, 11) is 1.84. The second-order valence-corrected chi connectivity index (χ2v) is 7.04. The third-order valence-corrected chi connectivity index (χ3v) is 5.07. The van der Waals surface area contributed by atoms with E-state index < -0.39 is 5.60 Å². The first-order valence-electron chi connectivity index (χ1n) is 8.83. The van der Waals surface area contributed by atoms with Crippen molar-refractivity contribution in [2.45, 2.75) is 18.4 Å². The van der Waals surface area contributed by atoms with E-state index in [1.165, 1.54) is 0 Å². The third kappa shape index (κ3) is 3.10. The number of anilines is 1. The SMILES string of the molecule is Cn1cnc(C(=O)N2CCCC3(C2)CN(c2ccccc2)C(=O)CO3)c1. The number of amides is 2. The largest absolute Gasteiger partial charge is 0.361 e. The number of likely N-dealkylation sites (tertiary alicyclic amines) is 1. The molecule has 2 aromatic rings. The van der Waals surface area contributed by atoms with Crippen molar-refractivity contribution in [2.24, 2.45) is 7.05 Å². The smallest absolute Gasteiger partial charge is 0.274 e. The average molecular weight is 354 g/mol. The van der Waals surface area contributed by atoms with E-state index in [0.717, 1.165) is 18.5 Å². The van der Waals surface area contributed by atoms with Crippen molar-refractivity contribution in [3.8, 4) is 0 Å². The first-order chi connectivity index (χ1) is 12.6. The van der Waals surface area contributed by atoms with Crippen LogP contribution in [-0.4, -0.2) is 58.1 Å². The zero-order chi connectivity index (χ0) is 18.1. The number of aryl methyl sites for hydroxylation is 1. The third-order valence-electron chi connectivity index (χ3n) is 5.07. The van der Waals surface area contributed by atoms with E-state index >= 15 is 0 Å². The fourth-order valence-corrected chi connectivity index (χ4v) is 3.76. The van der Waals surface area contributed by atoms with Gasteiger partial charge in [-0.1, -0.05) is 18.2 Å². The summed E-state index contributed by atoms with van der Waals surface area (Å²) in [5.74, 6) is -0.133. The molecule has 0 saturated carbocycles. The van der Waals surface area contributed by atoms with Crippen LogP contribution in [-0.2, 0) is 16.6 Å². The highest BCUT2D eigenvalue weighted by atomic mass is 16.5. The van der Waals surface area contributed by atoms with Crippen LogP contribution in [0.1, 0.15) is 23.3 Å². The number of ether oxygens (including phenoxy) is 1. The monoisotopic (exact) mass is 354 g/mol. The molecule has 0 radical (unpaired) electrons. The summed E-state index contributed by atoms with van der Waals surface area (Å²) >= 11 is 0. The zero-order valence-electron chi connectivity index (χ0n) is 14.8. The van der Waals surface area contributed by atoms with Crippen LogP contribution in [0, 0.1) is 0 Å². The minimum absolute atomic E-state index is 0.0422. The standard InChI is InChI=1S/C19H22N4O3/c1-21-10-16(20-14-21)18(25)22-9-5-8-19(12-22)13-23(17(24)11-26-19)15-6-3-2-4-7-15/h2-4,6-7,10,14H,5,8-9,11-13H2,1H3. The summed E-state index contributed by atoms with van der Waals surface area (Å²) in [6, 6.07) is 9.62. The lowest BCUT2D eigenvalue weighted by molar-refractivity contribution is -0.144. The van der Waals surface area contributed by atoms with Crippen LogP contribution in [0.15, 0.2) is 42.9 Å². The van der Waals surface area contributed by atoms with Crippen molar-refractivity contribution >= 4 is 17.5 Å². The molecule has 1 unspecified atom stereocenters. The number of nitrogens with zero attached hydrogens (tertiary/aromatic N) is 4. The van der Waals surface area contributed by atoms with Gasteiger partial charge in [0.2, 0.25) is 0 Å². The van der Waals surface area contributed by atoms with Gasteiger partial charge in [0.1, 0.15) is 17.9 Å². The molecule has 2 aliphatic rings. The molecule has 0 N–H and O–H groups in total. The zero-order valence-corrected chi connectivity index (χ0v) is 14.8. The van der Waals surface area contributed by atoms with Gasteiger partial charge in [0.25, 0.3) is 11.8 Å². The molecule has 1 spiro atoms. The molecule has 2 aliphatic heterocycles. The normalized spacial score (nSPS) is 23.5. The maximum absolute atomic E-state index is 12.8. The van der Waals surface area contributed by atoms with Crippen LogP contribution in [0.2, 0.25) is 0 Å². The van der Waals surface area contributed by atoms with Gasteiger partial charge in [-0.25, -0.2) is 4.98 Å². The summed E-state index contributed by atoms with van der Waals surface area (Å²) < 4.78 is 7.74. The van der Waals surface area contributed by atoms with E-state index in [9.17, 15) is 9.59 Å². The molecule has 7 heteroatoms. The number of benzene rings is 1. The molecule has 2 amide bonds. The van der Waals surface area contributed by atoms with Crippen LogP contribution in [0.3, 0.4) is 0 Å². The number of aromatic nitrogens is 2. The van der Waals surface area contributed by atoms with E-state index in [4.69, 9.17) is 4.74 Å². The molecule has 136 valence electrons. The van der Waals surface area contributed by atoms with E-state index in [-0.39, 0.29) is 18.4 Å². The van der Waals surface area contributed by atoms with Gasteiger partial charge in [0.05, 0.1) is 19.4 Å². The molecule has 0 aliphatic carbocycles. The van der Waals surface area contributed by atoms with E-state index in [0.29, 0.717) is 25.3 Å². The Morgan fingerprint density at radius 1 is 1.23 bits per heavy atom. The Bertz CT molecular complexity index is 819. The Labute approximate surface area is 152 Å². The first-order valence-corrected chi connectivity index (χ1v) is 8.83. The molecule has 2 fully saturated rings. The number of imidazole rings is 1. The Kier molecular flexibility index (Phi) is 4.24. The number of hydrogen-bond acceptors (Lipinski definition) is 4. The van der Waals surface area contributed by atoms with Gasteiger partial charge >= 0.3 is 0 Å². The van der Waals surface area contributed by atoms with Gasteiger partial charge < -0.3 is 19.1 Å². The quantitative estimate of drug-likeness (QED) is 0.819. The van der Waals surface area contributed by atoms with Gasteiger partial charge in [-0.05, 0) is 25.0 Å². The van der Waals surface area contributed by atoms with Gasteiger partial charge in [0, 0.05) is 25.5 Å². The predicted molar refractivity (Wildman–Crippen MR) is 95.8 cm³/mol. The Hall–Kier alpha value is -2.67. The molecule has 2 saturated heterocycles. The average Bonchev–Trinajstić information content (AvgIpc) is 3.10. The molecule has 26 heavy (non-hydrogen) atoms. The van der Waals surface area contributed by atoms with Crippen LogP contribution >= 0.6 is 0 Å². The summed E-state index contributed by atoms with van der Waals surface area (Å²) in [5.41, 5.74) is 0.789. The molecule has 1 atom stereocenters. The summed E-state index contributed by atoms with van der Waals surface area (Å²) in [4.78, 5) is 32.9. The second-order valence-electron chi connectivity index (χ2n) is 7.04. The highest BCUT2D eigenvalue weighted by Gasteiger charge is 2.44. The number of para-hydroxylation sites is 1. The lowest BCUT2D eigenvalue weighted by Gasteiger charge is -2.47. The summed E-state index contributed by atoms with van der Waals surface area (Å²) in [6.45, 7) is 1.65. The van der Waals surface area contributed by atoms with Gasteiger partial charge in [-0.2, -0.15) is 0 Å². The maximum atomic E-state index is 12.8. The number of morpholine rings is 1. The number of carbonyl (C=O) groups excluding carboxylic acids is 2. The highest BCUT2D eigenvalue weighted by molar-refractivity contribution is 5.95. The fourth-order valence-electron chi connectivity index (χ4n) is 3.76. The van der Waals surface area contributed by atoms with Gasteiger partial charge in [0.15, 0.2) is 0 Å². The van der Waals surface area contributed by atoms with Crippen molar-refractivity contribution in [1.29, 1.82) is 0 Å². The van der Waals surface area contributed by atoms with E-state index in [2.05, 4.69) is 4.98 Å². The Balaban J connectivity index is 1.54. The number of piperidine rings is 1. The Morgan fingerprint density at radius 3 is 2.77 bits per heavy atom.